The van der Waals surface area contributed by atoms with Crippen molar-refractivity contribution in [3.8, 4) is 0 Å². The van der Waals surface area contributed by atoms with Crippen molar-refractivity contribution in [2.45, 2.75) is 25.4 Å². The quantitative estimate of drug-likeness (QED) is 0.399. The number of hydrazone groups is 1. The normalized spacial score (nSPS) is 17.5. The fraction of sp³-hybridized carbons (Fsp3) is 0.261. The van der Waals surface area contributed by atoms with Crippen LogP contribution in [0.25, 0.3) is 10.2 Å². The number of carbonyl (C=O) groups excluding carboxylic acids is 1. The molecule has 5 rings (SSSR count). The predicted molar refractivity (Wildman–Crippen MR) is 124 cm³/mol. The highest BCUT2D eigenvalue weighted by molar-refractivity contribution is 7.18. The summed E-state index contributed by atoms with van der Waals surface area (Å²) in [5.41, 5.74) is 1.92. The number of carbonyl (C=O) groups is 1. The van der Waals surface area contributed by atoms with Crippen LogP contribution in [-0.2, 0) is 4.79 Å². The Morgan fingerprint density at radius 3 is 2.87 bits per heavy atom. The fourth-order valence-corrected chi connectivity index (χ4v) is 5.52. The van der Waals surface area contributed by atoms with E-state index >= 15 is 0 Å². The molecular formula is C23H22N4O2S2. The van der Waals surface area contributed by atoms with Crippen molar-refractivity contribution < 1.29 is 9.21 Å². The van der Waals surface area contributed by atoms with Crippen LogP contribution in [0.2, 0.25) is 0 Å². The lowest BCUT2D eigenvalue weighted by molar-refractivity contribution is -0.134. The first-order chi connectivity index (χ1) is 15.1. The summed E-state index contributed by atoms with van der Waals surface area (Å²) in [6.07, 6.45) is 2.29. The molecule has 0 spiro atoms. The lowest BCUT2D eigenvalue weighted by Crippen LogP contribution is -2.37. The molecule has 2 atom stereocenters. The van der Waals surface area contributed by atoms with Gasteiger partial charge in [0.25, 0.3) is 5.91 Å². The summed E-state index contributed by atoms with van der Waals surface area (Å²) in [5, 5.41) is 9.32. The summed E-state index contributed by atoms with van der Waals surface area (Å²) in [4.78, 5) is 21.2. The van der Waals surface area contributed by atoms with Crippen LogP contribution in [0.4, 0.5) is 0 Å². The second-order valence-corrected chi connectivity index (χ2v) is 9.62. The van der Waals surface area contributed by atoms with E-state index in [0.717, 1.165) is 31.6 Å². The van der Waals surface area contributed by atoms with Gasteiger partial charge in [-0.3, -0.25) is 9.69 Å². The number of rotatable bonds is 6. The Kier molecular flexibility index (Phi) is 5.43. The van der Waals surface area contributed by atoms with Gasteiger partial charge >= 0.3 is 0 Å². The number of likely N-dealkylation sites (N-methyl/N-ethyl adjacent to an activating group) is 1. The minimum Gasteiger partial charge on any atom is -0.467 e. The standard InChI is InChI=1S/C23H22N4O2S2/c1-15(23-24-16-7-3-4-9-21(16)31-23)26(2)14-22(28)27-18(19-8-5-11-29-19)13-17(25-27)20-10-6-12-30-20/h3-12,15,18H,13-14H2,1-2H3/t15-,18+/m1/s1. The van der Waals surface area contributed by atoms with Gasteiger partial charge < -0.3 is 4.42 Å². The molecule has 0 aliphatic carbocycles. The average molecular weight is 451 g/mol. The van der Waals surface area contributed by atoms with Crippen LogP contribution in [0.15, 0.2) is 69.7 Å². The molecule has 0 radical (unpaired) electrons. The number of hydrogen-bond acceptors (Lipinski definition) is 7. The minimum absolute atomic E-state index is 0.0201. The molecule has 8 heteroatoms. The molecule has 0 N–H and O–H groups in total. The SMILES string of the molecule is C[C@H](c1nc2ccccc2s1)N(C)CC(=O)N1N=C(c2cccs2)C[C@H]1c1ccco1. The highest BCUT2D eigenvalue weighted by Gasteiger charge is 2.35. The maximum Gasteiger partial charge on any atom is 0.257 e. The van der Waals surface area contributed by atoms with Crippen LogP contribution in [0.3, 0.4) is 0 Å². The molecule has 0 saturated carbocycles. The summed E-state index contributed by atoms with van der Waals surface area (Å²) < 4.78 is 6.79. The molecule has 4 aromatic rings. The number of thiazole rings is 1. The van der Waals surface area contributed by atoms with E-state index in [0.29, 0.717) is 6.42 Å². The van der Waals surface area contributed by atoms with Crippen molar-refractivity contribution in [3.05, 3.63) is 75.8 Å². The third-order valence-electron chi connectivity index (χ3n) is 5.56. The van der Waals surface area contributed by atoms with E-state index in [1.54, 1.807) is 33.9 Å². The molecular weight excluding hydrogens is 428 g/mol. The monoisotopic (exact) mass is 450 g/mol. The number of thiophene rings is 1. The first-order valence-corrected chi connectivity index (χ1v) is 11.8. The second-order valence-electron chi connectivity index (χ2n) is 7.61. The van der Waals surface area contributed by atoms with Gasteiger partial charge in [-0.25, -0.2) is 9.99 Å². The first-order valence-electron chi connectivity index (χ1n) is 10.1. The van der Waals surface area contributed by atoms with E-state index in [1.165, 1.54) is 0 Å². The van der Waals surface area contributed by atoms with Crippen molar-refractivity contribution in [2.75, 3.05) is 13.6 Å². The topological polar surface area (TPSA) is 61.9 Å². The molecule has 158 valence electrons. The molecule has 1 aliphatic rings. The Hall–Kier alpha value is -2.81. The third-order valence-corrected chi connectivity index (χ3v) is 7.68. The van der Waals surface area contributed by atoms with Crippen molar-refractivity contribution >= 4 is 44.5 Å². The van der Waals surface area contributed by atoms with E-state index < -0.39 is 0 Å². The molecule has 0 unspecified atom stereocenters. The molecule has 4 heterocycles. The number of nitrogens with zero attached hydrogens (tertiary/aromatic N) is 4. The van der Waals surface area contributed by atoms with E-state index in [1.807, 2.05) is 59.8 Å². The van der Waals surface area contributed by atoms with Crippen LogP contribution in [-0.4, -0.2) is 40.1 Å². The minimum atomic E-state index is -0.217. The van der Waals surface area contributed by atoms with Gasteiger partial charge in [-0.15, -0.1) is 22.7 Å². The number of aromatic nitrogens is 1. The Labute approximate surface area is 188 Å². The number of furan rings is 1. The van der Waals surface area contributed by atoms with Crippen LogP contribution in [0.1, 0.15) is 41.1 Å². The summed E-state index contributed by atoms with van der Waals surface area (Å²) >= 11 is 3.31. The predicted octanol–water partition coefficient (Wildman–Crippen LogP) is 5.32. The average Bonchev–Trinajstić information content (AvgIpc) is 3.56. The largest absolute Gasteiger partial charge is 0.467 e. The van der Waals surface area contributed by atoms with Gasteiger partial charge in [-0.2, -0.15) is 5.10 Å². The third kappa shape index (κ3) is 3.94. The van der Waals surface area contributed by atoms with Gasteiger partial charge in [0.05, 0.1) is 39.7 Å². The smallest absolute Gasteiger partial charge is 0.257 e. The Morgan fingerprint density at radius 2 is 2.13 bits per heavy atom. The molecule has 0 bridgehead atoms. The highest BCUT2D eigenvalue weighted by Crippen LogP contribution is 2.35. The van der Waals surface area contributed by atoms with Crippen molar-refractivity contribution in [1.82, 2.24) is 14.9 Å². The molecule has 1 amide bonds. The molecule has 6 nitrogen and oxygen atoms in total. The van der Waals surface area contributed by atoms with E-state index in [9.17, 15) is 4.79 Å². The van der Waals surface area contributed by atoms with E-state index in [-0.39, 0.29) is 24.5 Å². The van der Waals surface area contributed by atoms with Crippen LogP contribution in [0.5, 0.6) is 0 Å². The number of hydrogen-bond donors (Lipinski definition) is 0. The zero-order chi connectivity index (χ0) is 21.4. The number of amides is 1. The van der Waals surface area contributed by atoms with Crippen molar-refractivity contribution in [1.29, 1.82) is 0 Å². The van der Waals surface area contributed by atoms with Gasteiger partial charge in [0.15, 0.2) is 0 Å². The van der Waals surface area contributed by atoms with Crippen LogP contribution < -0.4 is 0 Å². The lowest BCUT2D eigenvalue weighted by atomic mass is 10.1. The van der Waals surface area contributed by atoms with Gasteiger partial charge in [0.2, 0.25) is 0 Å². The summed E-state index contributed by atoms with van der Waals surface area (Å²) in [5.74, 6) is 0.703. The van der Waals surface area contributed by atoms with Gasteiger partial charge in [-0.05, 0) is 49.7 Å². The van der Waals surface area contributed by atoms with Gasteiger partial charge in [0.1, 0.15) is 16.8 Å². The zero-order valence-electron chi connectivity index (χ0n) is 17.3. The summed E-state index contributed by atoms with van der Waals surface area (Å²) in [6, 6.07) is 15.7. The van der Waals surface area contributed by atoms with Crippen LogP contribution >= 0.6 is 22.7 Å². The zero-order valence-corrected chi connectivity index (χ0v) is 18.9. The first kappa shape index (κ1) is 20.1. The maximum atomic E-state index is 13.3. The second kappa shape index (κ2) is 8.37. The fourth-order valence-electron chi connectivity index (χ4n) is 3.71. The number of para-hydroxylation sites is 1. The number of fused-ring (bicyclic) bond motifs is 1. The molecule has 1 aliphatic heterocycles. The van der Waals surface area contributed by atoms with Gasteiger partial charge in [-0.1, -0.05) is 18.2 Å². The summed E-state index contributed by atoms with van der Waals surface area (Å²) in [6.45, 7) is 2.33. The Morgan fingerprint density at radius 1 is 1.26 bits per heavy atom. The molecule has 0 saturated heterocycles. The maximum absolute atomic E-state index is 13.3. The Bertz CT molecular complexity index is 1180. The lowest BCUT2D eigenvalue weighted by Gasteiger charge is -2.26. The van der Waals surface area contributed by atoms with Crippen molar-refractivity contribution in [3.63, 3.8) is 0 Å². The van der Waals surface area contributed by atoms with E-state index in [4.69, 9.17) is 14.5 Å². The Balaban J connectivity index is 1.35. The van der Waals surface area contributed by atoms with E-state index in [2.05, 4.69) is 13.0 Å². The van der Waals surface area contributed by atoms with Gasteiger partial charge in [0, 0.05) is 6.42 Å². The molecule has 31 heavy (non-hydrogen) atoms. The number of benzene rings is 1. The molecule has 3 aromatic heterocycles. The highest BCUT2D eigenvalue weighted by atomic mass is 32.1. The van der Waals surface area contributed by atoms with Crippen molar-refractivity contribution in [2.24, 2.45) is 5.10 Å². The summed E-state index contributed by atoms with van der Waals surface area (Å²) in [7, 11) is 1.95. The molecule has 1 aromatic carbocycles. The van der Waals surface area contributed by atoms with Crippen LogP contribution in [0, 0.1) is 0 Å². The molecule has 0 fully saturated rings.